The molecule has 0 spiro atoms. The summed E-state index contributed by atoms with van der Waals surface area (Å²) in [5.41, 5.74) is -0.586. The van der Waals surface area contributed by atoms with Crippen molar-refractivity contribution in [2.75, 3.05) is 26.3 Å². The van der Waals surface area contributed by atoms with Crippen molar-refractivity contribution in [1.82, 2.24) is 5.32 Å². The van der Waals surface area contributed by atoms with Gasteiger partial charge in [0.05, 0.1) is 6.61 Å². The fourth-order valence-corrected chi connectivity index (χ4v) is 3.85. The van der Waals surface area contributed by atoms with Crippen LogP contribution in [-0.4, -0.2) is 37.0 Å². The Bertz CT molecular complexity index is 250. The number of aliphatic hydroxyl groups is 1. The van der Waals surface area contributed by atoms with Crippen molar-refractivity contribution in [3.05, 3.63) is 0 Å². The lowest BCUT2D eigenvalue weighted by atomic mass is 9.88. The molecule has 3 fully saturated rings. The van der Waals surface area contributed by atoms with Gasteiger partial charge in [-0.25, -0.2) is 0 Å². The average Bonchev–Trinajstić information content (AvgIpc) is 2.94. The predicted molar refractivity (Wildman–Crippen MR) is 62.2 cm³/mol. The third-order valence-corrected chi connectivity index (χ3v) is 4.83. The average molecular weight is 225 g/mol. The van der Waals surface area contributed by atoms with Crippen molar-refractivity contribution in [1.29, 1.82) is 0 Å². The maximum Gasteiger partial charge on any atom is 0.102 e. The normalized spacial score (nSPS) is 46.7. The Morgan fingerprint density at radius 1 is 1.31 bits per heavy atom. The minimum atomic E-state index is -0.586. The highest BCUT2D eigenvalue weighted by molar-refractivity contribution is 4.92. The minimum absolute atomic E-state index is 0.511. The number of hydrogen-bond donors (Lipinski definition) is 2. The molecule has 1 heterocycles. The van der Waals surface area contributed by atoms with E-state index in [4.69, 9.17) is 4.74 Å². The Hall–Kier alpha value is -0.120. The van der Waals surface area contributed by atoms with Crippen LogP contribution in [0.3, 0.4) is 0 Å². The summed E-state index contributed by atoms with van der Waals surface area (Å²) < 4.78 is 5.24. The summed E-state index contributed by atoms with van der Waals surface area (Å²) >= 11 is 0. The van der Waals surface area contributed by atoms with Crippen LogP contribution in [-0.2, 0) is 4.74 Å². The molecule has 1 aliphatic heterocycles. The highest BCUT2D eigenvalue weighted by atomic mass is 16.5. The quantitative estimate of drug-likeness (QED) is 0.754. The molecule has 3 heteroatoms. The first-order valence-corrected chi connectivity index (χ1v) is 6.76. The van der Waals surface area contributed by atoms with E-state index in [1.165, 1.54) is 25.7 Å². The molecule has 3 aliphatic rings. The van der Waals surface area contributed by atoms with Crippen molar-refractivity contribution in [3.63, 3.8) is 0 Å². The fourth-order valence-electron chi connectivity index (χ4n) is 3.85. The molecule has 4 atom stereocenters. The Labute approximate surface area is 97.6 Å². The third-order valence-electron chi connectivity index (χ3n) is 4.83. The molecular weight excluding hydrogens is 202 g/mol. The number of hydrogen-bond acceptors (Lipinski definition) is 3. The smallest absolute Gasteiger partial charge is 0.102 e. The van der Waals surface area contributed by atoms with Gasteiger partial charge in [-0.05, 0) is 43.6 Å². The van der Waals surface area contributed by atoms with Crippen LogP contribution < -0.4 is 5.32 Å². The number of rotatable bonds is 4. The van der Waals surface area contributed by atoms with Gasteiger partial charge in [-0.3, -0.25) is 0 Å². The fraction of sp³-hybridized carbons (Fsp3) is 1.00. The number of nitrogens with one attached hydrogen (secondary N) is 1. The maximum absolute atomic E-state index is 10.1. The standard InChI is InChI=1S/C13H23NO2/c15-13(3-4-16-9-13)8-14-7-12-6-10-1-2-11(12)5-10/h10-12,14-15H,1-9H2. The summed E-state index contributed by atoms with van der Waals surface area (Å²) in [5, 5.41) is 13.6. The highest BCUT2D eigenvalue weighted by Crippen LogP contribution is 2.47. The lowest BCUT2D eigenvalue weighted by molar-refractivity contribution is 0.0259. The van der Waals surface area contributed by atoms with Gasteiger partial charge in [-0.2, -0.15) is 0 Å². The summed E-state index contributed by atoms with van der Waals surface area (Å²) in [4.78, 5) is 0. The van der Waals surface area contributed by atoms with E-state index in [9.17, 15) is 5.11 Å². The van der Waals surface area contributed by atoms with Crippen molar-refractivity contribution >= 4 is 0 Å². The summed E-state index contributed by atoms with van der Waals surface area (Å²) in [6.45, 7) is 3.04. The van der Waals surface area contributed by atoms with E-state index in [0.29, 0.717) is 19.8 Å². The van der Waals surface area contributed by atoms with Crippen LogP contribution in [0.1, 0.15) is 32.1 Å². The van der Waals surface area contributed by atoms with Gasteiger partial charge in [-0.15, -0.1) is 0 Å². The molecule has 0 aromatic heterocycles. The van der Waals surface area contributed by atoms with Gasteiger partial charge in [0, 0.05) is 19.6 Å². The molecule has 1 saturated heterocycles. The van der Waals surface area contributed by atoms with Gasteiger partial charge in [0.15, 0.2) is 0 Å². The molecule has 0 amide bonds. The maximum atomic E-state index is 10.1. The Kier molecular flexibility index (Phi) is 2.94. The molecule has 16 heavy (non-hydrogen) atoms. The van der Waals surface area contributed by atoms with E-state index in [1.54, 1.807) is 0 Å². The van der Waals surface area contributed by atoms with E-state index >= 15 is 0 Å². The minimum Gasteiger partial charge on any atom is -0.386 e. The lowest BCUT2D eigenvalue weighted by Crippen LogP contribution is -2.43. The highest BCUT2D eigenvalue weighted by Gasteiger charge is 2.39. The van der Waals surface area contributed by atoms with Crippen molar-refractivity contribution in [2.45, 2.75) is 37.7 Å². The first-order valence-electron chi connectivity index (χ1n) is 6.76. The van der Waals surface area contributed by atoms with Gasteiger partial charge >= 0.3 is 0 Å². The van der Waals surface area contributed by atoms with Crippen molar-refractivity contribution in [2.24, 2.45) is 17.8 Å². The van der Waals surface area contributed by atoms with E-state index < -0.39 is 5.60 Å². The van der Waals surface area contributed by atoms with E-state index in [0.717, 1.165) is 30.7 Å². The van der Waals surface area contributed by atoms with Gasteiger partial charge in [-0.1, -0.05) is 6.42 Å². The van der Waals surface area contributed by atoms with Gasteiger partial charge in [0.1, 0.15) is 5.60 Å². The largest absolute Gasteiger partial charge is 0.386 e. The first kappa shape index (κ1) is 11.0. The van der Waals surface area contributed by atoms with Crippen LogP contribution >= 0.6 is 0 Å². The molecule has 0 radical (unpaired) electrons. The van der Waals surface area contributed by atoms with Crippen LogP contribution in [0.2, 0.25) is 0 Å². The summed E-state index contributed by atoms with van der Waals surface area (Å²) in [6.07, 6.45) is 6.60. The van der Waals surface area contributed by atoms with Crippen LogP contribution in [0.15, 0.2) is 0 Å². The van der Waals surface area contributed by atoms with E-state index in [2.05, 4.69) is 5.32 Å². The second-order valence-corrected chi connectivity index (χ2v) is 6.09. The van der Waals surface area contributed by atoms with Crippen molar-refractivity contribution in [3.8, 4) is 0 Å². The second-order valence-electron chi connectivity index (χ2n) is 6.09. The molecule has 2 bridgehead atoms. The summed E-state index contributed by atoms with van der Waals surface area (Å²) in [6, 6.07) is 0. The molecule has 0 aromatic carbocycles. The molecule has 3 nitrogen and oxygen atoms in total. The zero-order valence-corrected chi connectivity index (χ0v) is 9.95. The van der Waals surface area contributed by atoms with Crippen molar-refractivity contribution < 1.29 is 9.84 Å². The Morgan fingerprint density at radius 2 is 2.25 bits per heavy atom. The topological polar surface area (TPSA) is 41.5 Å². The van der Waals surface area contributed by atoms with Crippen LogP contribution in [0.4, 0.5) is 0 Å². The Balaban J connectivity index is 1.40. The summed E-state index contributed by atoms with van der Waals surface area (Å²) in [5.74, 6) is 2.88. The molecule has 92 valence electrons. The van der Waals surface area contributed by atoms with Crippen LogP contribution in [0.25, 0.3) is 0 Å². The number of fused-ring (bicyclic) bond motifs is 2. The predicted octanol–water partition coefficient (Wildman–Crippen LogP) is 1.16. The zero-order valence-electron chi connectivity index (χ0n) is 9.95. The second kappa shape index (κ2) is 4.28. The van der Waals surface area contributed by atoms with Crippen LogP contribution in [0.5, 0.6) is 0 Å². The molecule has 3 rings (SSSR count). The molecule has 0 aromatic rings. The molecule has 2 N–H and O–H groups in total. The molecule has 2 saturated carbocycles. The zero-order chi connectivity index (χ0) is 11.0. The third kappa shape index (κ3) is 2.13. The van der Waals surface area contributed by atoms with E-state index in [1.807, 2.05) is 0 Å². The van der Waals surface area contributed by atoms with Gasteiger partial charge in [0.25, 0.3) is 0 Å². The summed E-state index contributed by atoms with van der Waals surface area (Å²) in [7, 11) is 0. The Morgan fingerprint density at radius 3 is 2.88 bits per heavy atom. The molecule has 4 unspecified atom stereocenters. The SMILES string of the molecule is OC1(CNCC2CC3CCC2C3)CCOC1. The van der Waals surface area contributed by atoms with Crippen LogP contribution in [0, 0.1) is 17.8 Å². The monoisotopic (exact) mass is 225 g/mol. The van der Waals surface area contributed by atoms with Gasteiger partial charge < -0.3 is 15.2 Å². The van der Waals surface area contributed by atoms with Gasteiger partial charge in [0.2, 0.25) is 0 Å². The first-order chi connectivity index (χ1) is 7.75. The molecule has 2 aliphatic carbocycles. The molecular formula is C13H23NO2. The number of ether oxygens (including phenoxy) is 1. The lowest BCUT2D eigenvalue weighted by Gasteiger charge is -2.25. The van der Waals surface area contributed by atoms with E-state index in [-0.39, 0.29) is 0 Å².